The van der Waals surface area contributed by atoms with Crippen LogP contribution >= 0.6 is 0 Å². The highest BCUT2D eigenvalue weighted by molar-refractivity contribution is 5.76. The maximum atomic E-state index is 11.1. The van der Waals surface area contributed by atoms with Gasteiger partial charge in [0.1, 0.15) is 11.5 Å². The molecule has 0 fully saturated rings. The topological polar surface area (TPSA) is 35.5 Å². The zero-order valence-electron chi connectivity index (χ0n) is 11.7. The lowest BCUT2D eigenvalue weighted by atomic mass is 10.0. The van der Waals surface area contributed by atoms with E-state index in [1.165, 1.54) is 6.42 Å². The van der Waals surface area contributed by atoms with Crippen LogP contribution in [0.3, 0.4) is 0 Å². The van der Waals surface area contributed by atoms with E-state index in [9.17, 15) is 4.79 Å². The van der Waals surface area contributed by atoms with Crippen LogP contribution in [0, 0.1) is 6.92 Å². The van der Waals surface area contributed by atoms with Gasteiger partial charge in [-0.05, 0) is 31.9 Å². The number of carbonyl (C=O) groups excluding carboxylic acids is 1. The van der Waals surface area contributed by atoms with Gasteiger partial charge in [-0.25, -0.2) is 0 Å². The molecule has 0 saturated heterocycles. The fourth-order valence-electron chi connectivity index (χ4n) is 1.81. The standard InChI is InChI=1S/C12H14O3.C3H8/c1-3-14-12-8(2)4-6-10-9(12)5-7-11(13)15-10;1-3-2/h4,6H,3,5,7H2,1-2H3;3H2,1-2H3. The number of rotatable bonds is 2. The molecule has 1 aromatic rings. The molecule has 1 heterocycles. The summed E-state index contributed by atoms with van der Waals surface area (Å²) in [6.45, 7) is 8.83. The summed E-state index contributed by atoms with van der Waals surface area (Å²) < 4.78 is 10.7. The summed E-state index contributed by atoms with van der Waals surface area (Å²) in [5.74, 6) is 1.37. The molecular formula is C15H22O3. The maximum Gasteiger partial charge on any atom is 0.311 e. The van der Waals surface area contributed by atoms with Crippen LogP contribution in [0.15, 0.2) is 12.1 Å². The first kappa shape index (κ1) is 14.6. The molecule has 0 N–H and O–H groups in total. The van der Waals surface area contributed by atoms with Crippen molar-refractivity contribution in [2.75, 3.05) is 6.61 Å². The Balaban J connectivity index is 0.000000492. The van der Waals surface area contributed by atoms with Gasteiger partial charge in [0.2, 0.25) is 0 Å². The number of esters is 1. The quantitative estimate of drug-likeness (QED) is 0.593. The summed E-state index contributed by atoms with van der Waals surface area (Å²) >= 11 is 0. The molecular weight excluding hydrogens is 228 g/mol. The van der Waals surface area contributed by atoms with Crippen molar-refractivity contribution in [1.29, 1.82) is 0 Å². The fourth-order valence-corrected chi connectivity index (χ4v) is 1.81. The third-order valence-corrected chi connectivity index (χ3v) is 2.51. The lowest BCUT2D eigenvalue weighted by molar-refractivity contribution is -0.135. The van der Waals surface area contributed by atoms with Gasteiger partial charge < -0.3 is 9.47 Å². The first-order valence-corrected chi connectivity index (χ1v) is 6.59. The largest absolute Gasteiger partial charge is 0.493 e. The van der Waals surface area contributed by atoms with Gasteiger partial charge in [-0.2, -0.15) is 0 Å². The number of hydrogen-bond acceptors (Lipinski definition) is 3. The molecule has 1 aliphatic heterocycles. The van der Waals surface area contributed by atoms with E-state index in [0.717, 1.165) is 16.9 Å². The number of carbonyl (C=O) groups is 1. The predicted octanol–water partition coefficient (Wildman–Crippen LogP) is 3.66. The molecule has 0 saturated carbocycles. The molecule has 0 aromatic heterocycles. The van der Waals surface area contributed by atoms with Gasteiger partial charge in [0.15, 0.2) is 0 Å². The number of hydrogen-bond donors (Lipinski definition) is 0. The van der Waals surface area contributed by atoms with Crippen LogP contribution in [0.2, 0.25) is 0 Å². The molecule has 0 amide bonds. The van der Waals surface area contributed by atoms with Crippen LogP contribution in [0.25, 0.3) is 0 Å². The summed E-state index contributed by atoms with van der Waals surface area (Å²) in [6, 6.07) is 3.76. The highest BCUT2D eigenvalue weighted by Gasteiger charge is 2.21. The second-order valence-electron chi connectivity index (χ2n) is 4.30. The number of aryl methyl sites for hydroxylation is 1. The molecule has 100 valence electrons. The van der Waals surface area contributed by atoms with Crippen molar-refractivity contribution in [2.45, 2.75) is 47.0 Å². The summed E-state index contributed by atoms with van der Waals surface area (Å²) in [7, 11) is 0. The zero-order chi connectivity index (χ0) is 13.5. The highest BCUT2D eigenvalue weighted by atomic mass is 16.5. The van der Waals surface area contributed by atoms with Gasteiger partial charge in [0, 0.05) is 5.56 Å². The summed E-state index contributed by atoms with van der Waals surface area (Å²) in [5, 5.41) is 0. The van der Waals surface area contributed by atoms with Crippen molar-refractivity contribution >= 4 is 5.97 Å². The zero-order valence-corrected chi connectivity index (χ0v) is 11.7. The van der Waals surface area contributed by atoms with Gasteiger partial charge in [-0.15, -0.1) is 0 Å². The molecule has 0 aliphatic carbocycles. The van der Waals surface area contributed by atoms with E-state index in [4.69, 9.17) is 9.47 Å². The van der Waals surface area contributed by atoms with Crippen molar-refractivity contribution in [3.05, 3.63) is 23.3 Å². The highest BCUT2D eigenvalue weighted by Crippen LogP contribution is 2.35. The molecule has 0 radical (unpaired) electrons. The van der Waals surface area contributed by atoms with E-state index in [2.05, 4.69) is 13.8 Å². The average molecular weight is 250 g/mol. The Kier molecular flexibility index (Phi) is 5.69. The first-order chi connectivity index (χ1) is 8.63. The molecule has 0 spiro atoms. The summed E-state index contributed by atoms with van der Waals surface area (Å²) in [5.41, 5.74) is 2.12. The van der Waals surface area contributed by atoms with E-state index in [1.807, 2.05) is 26.0 Å². The van der Waals surface area contributed by atoms with Gasteiger partial charge >= 0.3 is 5.97 Å². The van der Waals surface area contributed by atoms with Crippen molar-refractivity contribution in [2.24, 2.45) is 0 Å². The molecule has 0 unspecified atom stereocenters. The van der Waals surface area contributed by atoms with Crippen molar-refractivity contribution < 1.29 is 14.3 Å². The van der Waals surface area contributed by atoms with Crippen LogP contribution < -0.4 is 9.47 Å². The third kappa shape index (κ3) is 3.49. The lowest BCUT2D eigenvalue weighted by Gasteiger charge is -2.20. The van der Waals surface area contributed by atoms with Crippen molar-refractivity contribution in [3.8, 4) is 11.5 Å². The molecule has 3 nitrogen and oxygen atoms in total. The lowest BCUT2D eigenvalue weighted by Crippen LogP contribution is -2.17. The average Bonchev–Trinajstić information content (AvgIpc) is 2.34. The van der Waals surface area contributed by atoms with Crippen molar-refractivity contribution in [1.82, 2.24) is 0 Å². The molecule has 1 aliphatic rings. The second kappa shape index (κ2) is 7.04. The SMILES string of the molecule is CCC.CCOc1c(C)ccc2c1CCC(=O)O2. The fraction of sp³-hybridized carbons (Fsp3) is 0.533. The predicted molar refractivity (Wildman–Crippen MR) is 72.3 cm³/mol. The molecule has 3 heteroatoms. The second-order valence-corrected chi connectivity index (χ2v) is 4.30. The van der Waals surface area contributed by atoms with E-state index < -0.39 is 0 Å². The monoisotopic (exact) mass is 250 g/mol. The summed E-state index contributed by atoms with van der Waals surface area (Å²) in [6.07, 6.45) is 2.40. The van der Waals surface area contributed by atoms with Gasteiger partial charge in [-0.1, -0.05) is 26.3 Å². The molecule has 2 rings (SSSR count). The molecule has 1 aromatic carbocycles. The third-order valence-electron chi connectivity index (χ3n) is 2.51. The van der Waals surface area contributed by atoms with Gasteiger partial charge in [0.25, 0.3) is 0 Å². The smallest absolute Gasteiger partial charge is 0.311 e. The molecule has 18 heavy (non-hydrogen) atoms. The molecule has 0 bridgehead atoms. The Morgan fingerprint density at radius 2 is 1.89 bits per heavy atom. The Hall–Kier alpha value is -1.51. The van der Waals surface area contributed by atoms with Crippen LogP contribution in [0.5, 0.6) is 11.5 Å². The van der Waals surface area contributed by atoms with E-state index >= 15 is 0 Å². The van der Waals surface area contributed by atoms with Gasteiger partial charge in [0.05, 0.1) is 13.0 Å². The van der Waals surface area contributed by atoms with Crippen LogP contribution in [-0.4, -0.2) is 12.6 Å². The Morgan fingerprint density at radius 1 is 1.22 bits per heavy atom. The summed E-state index contributed by atoms with van der Waals surface area (Å²) in [4.78, 5) is 11.1. The van der Waals surface area contributed by atoms with Crippen LogP contribution in [0.1, 0.15) is 44.7 Å². The van der Waals surface area contributed by atoms with E-state index in [0.29, 0.717) is 25.2 Å². The minimum Gasteiger partial charge on any atom is -0.493 e. The Bertz CT molecular complexity index is 410. The number of fused-ring (bicyclic) bond motifs is 1. The van der Waals surface area contributed by atoms with Crippen molar-refractivity contribution in [3.63, 3.8) is 0 Å². The maximum absolute atomic E-state index is 11.1. The first-order valence-electron chi connectivity index (χ1n) is 6.59. The minimum atomic E-state index is -0.159. The number of ether oxygens (including phenoxy) is 2. The molecule has 0 atom stereocenters. The van der Waals surface area contributed by atoms with Crippen LogP contribution in [0.4, 0.5) is 0 Å². The Labute approximate surface area is 109 Å². The van der Waals surface area contributed by atoms with E-state index in [1.54, 1.807) is 0 Å². The van der Waals surface area contributed by atoms with E-state index in [-0.39, 0.29) is 5.97 Å². The van der Waals surface area contributed by atoms with Crippen LogP contribution in [-0.2, 0) is 11.2 Å². The minimum absolute atomic E-state index is 0.159. The number of benzene rings is 1. The Morgan fingerprint density at radius 3 is 2.50 bits per heavy atom. The van der Waals surface area contributed by atoms with Gasteiger partial charge in [-0.3, -0.25) is 4.79 Å². The normalized spacial score (nSPS) is 13.0.